The van der Waals surface area contributed by atoms with E-state index in [1.165, 1.54) is 12.8 Å². The number of benzene rings is 1. The first-order chi connectivity index (χ1) is 10.2. The number of carbonyl (C=O) groups is 1. The Bertz CT molecular complexity index is 665. The molecule has 2 aromatic rings. The van der Waals surface area contributed by atoms with Gasteiger partial charge in [0, 0.05) is 17.0 Å². The highest BCUT2D eigenvalue weighted by molar-refractivity contribution is 7.13. The van der Waals surface area contributed by atoms with Crippen LogP contribution in [0.3, 0.4) is 0 Å². The Hall–Kier alpha value is -2.08. The Kier molecular flexibility index (Phi) is 3.79. The number of rotatable bonds is 5. The van der Waals surface area contributed by atoms with Crippen molar-refractivity contribution in [3.05, 3.63) is 34.8 Å². The minimum atomic E-state index is -0.383. The molecule has 3 rings (SSSR count). The molecule has 1 heterocycles. The fourth-order valence-electron chi connectivity index (χ4n) is 2.07. The van der Waals surface area contributed by atoms with Gasteiger partial charge in [0.1, 0.15) is 0 Å². The Morgan fingerprint density at radius 2 is 2.33 bits per heavy atom. The molecule has 1 saturated carbocycles. The van der Waals surface area contributed by atoms with Crippen LogP contribution in [0.4, 0.5) is 16.5 Å². The lowest BCUT2D eigenvalue weighted by molar-refractivity contribution is 0.0527. The predicted molar refractivity (Wildman–Crippen MR) is 84.2 cm³/mol. The normalized spacial score (nSPS) is 14.0. The third-order valence-electron chi connectivity index (χ3n) is 3.30. The van der Waals surface area contributed by atoms with Crippen molar-refractivity contribution in [2.24, 2.45) is 0 Å². The van der Waals surface area contributed by atoms with E-state index < -0.39 is 0 Å². The van der Waals surface area contributed by atoms with Crippen LogP contribution in [0.15, 0.2) is 23.6 Å². The van der Waals surface area contributed by atoms with Crippen molar-refractivity contribution in [1.29, 1.82) is 0 Å². The minimum Gasteiger partial charge on any atom is -0.462 e. The number of nitrogens with two attached hydrogens (primary N) is 1. The maximum absolute atomic E-state index is 12.0. The highest BCUT2D eigenvalue weighted by Crippen LogP contribution is 2.41. The molecule has 6 heteroatoms. The molecule has 1 fully saturated rings. The quantitative estimate of drug-likeness (QED) is 0.652. The van der Waals surface area contributed by atoms with Crippen LogP contribution in [-0.4, -0.2) is 17.6 Å². The average Bonchev–Trinajstić information content (AvgIpc) is 3.21. The van der Waals surface area contributed by atoms with Gasteiger partial charge in [0.2, 0.25) is 0 Å². The second kappa shape index (κ2) is 5.73. The van der Waals surface area contributed by atoms with E-state index in [9.17, 15) is 4.79 Å². The summed E-state index contributed by atoms with van der Waals surface area (Å²) in [5.41, 5.74) is 8.52. The van der Waals surface area contributed by atoms with Crippen LogP contribution in [0.25, 0.3) is 0 Å². The average molecular weight is 303 g/mol. The maximum atomic E-state index is 12.0. The van der Waals surface area contributed by atoms with Crippen molar-refractivity contribution in [2.75, 3.05) is 17.7 Å². The Morgan fingerprint density at radius 1 is 1.52 bits per heavy atom. The molecule has 21 heavy (non-hydrogen) atoms. The summed E-state index contributed by atoms with van der Waals surface area (Å²) < 4.78 is 5.06. The number of nitrogen functional groups attached to an aromatic ring is 1. The third kappa shape index (κ3) is 3.16. The van der Waals surface area contributed by atoms with E-state index in [1.807, 2.05) is 0 Å². The third-order valence-corrected chi connectivity index (χ3v) is 4.07. The number of nitrogens with zero attached hydrogens (tertiary/aromatic N) is 1. The summed E-state index contributed by atoms with van der Waals surface area (Å²) in [5.74, 6) is 0.235. The summed E-state index contributed by atoms with van der Waals surface area (Å²) in [6.07, 6.45) is 2.44. The summed E-state index contributed by atoms with van der Waals surface area (Å²) in [6, 6.07) is 5.15. The Balaban J connectivity index is 1.84. The number of hydrogen-bond acceptors (Lipinski definition) is 6. The summed E-state index contributed by atoms with van der Waals surface area (Å²) >= 11 is 1.55. The molecule has 0 amide bonds. The molecule has 0 saturated heterocycles. The molecule has 1 aliphatic rings. The molecule has 0 radical (unpaired) electrons. The van der Waals surface area contributed by atoms with Gasteiger partial charge in [0.25, 0.3) is 0 Å². The molecule has 0 spiro atoms. The minimum absolute atomic E-state index is 0.330. The smallest absolute Gasteiger partial charge is 0.340 e. The second-order valence-corrected chi connectivity index (χ2v) is 5.86. The molecule has 0 unspecified atom stereocenters. The van der Waals surface area contributed by atoms with Gasteiger partial charge in [0.15, 0.2) is 5.13 Å². The number of aromatic nitrogens is 1. The van der Waals surface area contributed by atoms with E-state index in [0.29, 0.717) is 29.5 Å². The van der Waals surface area contributed by atoms with Gasteiger partial charge in [-0.05, 0) is 38.0 Å². The van der Waals surface area contributed by atoms with E-state index in [4.69, 9.17) is 10.5 Å². The topological polar surface area (TPSA) is 77.2 Å². The number of carbonyl (C=O) groups excluding carboxylic acids is 1. The zero-order valence-electron chi connectivity index (χ0n) is 11.8. The predicted octanol–water partition coefficient (Wildman–Crippen LogP) is 3.52. The standard InChI is InChI=1S/C15H17N3O2S/c1-2-20-14(19)11-7-10(16)5-6-12(11)17-15-18-13(8-21-15)9-3-4-9/h5-9H,2-4,16H2,1H3,(H,17,18). The van der Waals surface area contributed by atoms with Gasteiger partial charge >= 0.3 is 5.97 Å². The summed E-state index contributed by atoms with van der Waals surface area (Å²) in [6.45, 7) is 2.11. The van der Waals surface area contributed by atoms with E-state index >= 15 is 0 Å². The molecule has 0 atom stereocenters. The summed E-state index contributed by atoms with van der Waals surface area (Å²) in [7, 11) is 0. The summed E-state index contributed by atoms with van der Waals surface area (Å²) in [4.78, 5) is 16.6. The van der Waals surface area contributed by atoms with Gasteiger partial charge in [-0.3, -0.25) is 0 Å². The summed E-state index contributed by atoms with van der Waals surface area (Å²) in [5, 5.41) is 6.05. The van der Waals surface area contributed by atoms with Gasteiger partial charge in [-0.25, -0.2) is 9.78 Å². The number of hydrogen-bond donors (Lipinski definition) is 2. The van der Waals surface area contributed by atoms with Crippen molar-refractivity contribution < 1.29 is 9.53 Å². The molecule has 1 aliphatic carbocycles. The lowest BCUT2D eigenvalue weighted by Crippen LogP contribution is -2.08. The van der Waals surface area contributed by atoms with Gasteiger partial charge in [-0.2, -0.15) is 0 Å². The van der Waals surface area contributed by atoms with Crippen LogP contribution in [0.1, 0.15) is 41.7 Å². The lowest BCUT2D eigenvalue weighted by Gasteiger charge is -2.10. The molecule has 3 N–H and O–H groups in total. The van der Waals surface area contributed by atoms with Gasteiger partial charge in [0.05, 0.1) is 23.6 Å². The van der Waals surface area contributed by atoms with Crippen LogP contribution in [0, 0.1) is 0 Å². The highest BCUT2D eigenvalue weighted by Gasteiger charge is 2.26. The van der Waals surface area contributed by atoms with E-state index in [1.54, 1.807) is 36.5 Å². The van der Waals surface area contributed by atoms with Gasteiger partial charge in [-0.1, -0.05) is 0 Å². The SMILES string of the molecule is CCOC(=O)c1cc(N)ccc1Nc1nc(C2CC2)cs1. The highest BCUT2D eigenvalue weighted by atomic mass is 32.1. The van der Waals surface area contributed by atoms with Gasteiger partial charge in [-0.15, -0.1) is 11.3 Å². The first kappa shape index (κ1) is 13.9. The first-order valence-electron chi connectivity index (χ1n) is 6.96. The largest absolute Gasteiger partial charge is 0.462 e. The van der Waals surface area contributed by atoms with Crippen LogP contribution in [0.2, 0.25) is 0 Å². The molecular formula is C15H17N3O2S. The lowest BCUT2D eigenvalue weighted by atomic mass is 10.1. The maximum Gasteiger partial charge on any atom is 0.340 e. The van der Waals surface area contributed by atoms with Crippen molar-refractivity contribution in [1.82, 2.24) is 4.98 Å². The monoisotopic (exact) mass is 303 g/mol. The van der Waals surface area contributed by atoms with E-state index in [0.717, 1.165) is 10.8 Å². The fourth-order valence-corrected chi connectivity index (χ4v) is 2.88. The molecule has 0 aliphatic heterocycles. The molecular weight excluding hydrogens is 286 g/mol. The Morgan fingerprint density at radius 3 is 3.05 bits per heavy atom. The number of ether oxygens (including phenoxy) is 1. The first-order valence-corrected chi connectivity index (χ1v) is 7.84. The number of thiazole rings is 1. The molecule has 0 bridgehead atoms. The van der Waals surface area contributed by atoms with Crippen molar-refractivity contribution in [3.63, 3.8) is 0 Å². The van der Waals surface area contributed by atoms with E-state index in [2.05, 4.69) is 15.7 Å². The molecule has 1 aromatic heterocycles. The van der Waals surface area contributed by atoms with E-state index in [-0.39, 0.29) is 5.97 Å². The zero-order chi connectivity index (χ0) is 14.8. The van der Waals surface area contributed by atoms with Crippen LogP contribution in [0.5, 0.6) is 0 Å². The van der Waals surface area contributed by atoms with Gasteiger partial charge < -0.3 is 15.8 Å². The van der Waals surface area contributed by atoms with Crippen LogP contribution >= 0.6 is 11.3 Å². The number of anilines is 3. The molecule has 1 aromatic carbocycles. The molecule has 110 valence electrons. The van der Waals surface area contributed by atoms with Crippen LogP contribution < -0.4 is 11.1 Å². The molecule has 5 nitrogen and oxygen atoms in total. The fraction of sp³-hybridized carbons (Fsp3) is 0.333. The van der Waals surface area contributed by atoms with Crippen LogP contribution in [-0.2, 0) is 4.74 Å². The van der Waals surface area contributed by atoms with Crippen molar-refractivity contribution in [3.8, 4) is 0 Å². The zero-order valence-corrected chi connectivity index (χ0v) is 12.6. The Labute approximate surface area is 127 Å². The number of esters is 1. The van der Waals surface area contributed by atoms with Crippen molar-refractivity contribution >= 4 is 33.8 Å². The van der Waals surface area contributed by atoms with Crippen molar-refractivity contribution in [2.45, 2.75) is 25.7 Å². The number of nitrogens with one attached hydrogen (secondary N) is 1. The second-order valence-electron chi connectivity index (χ2n) is 5.00.